The van der Waals surface area contributed by atoms with Crippen LogP contribution in [0.15, 0.2) is 24.3 Å². The number of benzene rings is 1. The van der Waals surface area contributed by atoms with Gasteiger partial charge >= 0.3 is 11.9 Å². The molecule has 0 unspecified atom stereocenters. The average molecular weight is 418 g/mol. The van der Waals surface area contributed by atoms with Gasteiger partial charge in [0.15, 0.2) is 0 Å². The molecular formula is C21H26N2O7. The summed E-state index contributed by atoms with van der Waals surface area (Å²) in [6.07, 6.45) is 0.490. The van der Waals surface area contributed by atoms with E-state index in [0.29, 0.717) is 17.5 Å². The summed E-state index contributed by atoms with van der Waals surface area (Å²) in [5.74, 6) is -3.14. The Hall–Kier alpha value is -3.23. The van der Waals surface area contributed by atoms with E-state index in [4.69, 9.17) is 9.47 Å². The van der Waals surface area contributed by atoms with Gasteiger partial charge in [0.2, 0.25) is 11.4 Å². The van der Waals surface area contributed by atoms with E-state index in [0.717, 1.165) is 4.90 Å². The molecule has 162 valence electrons. The van der Waals surface area contributed by atoms with Crippen molar-refractivity contribution < 1.29 is 33.4 Å². The van der Waals surface area contributed by atoms with Gasteiger partial charge in [-0.15, -0.1) is 0 Å². The number of nitrogens with zero attached hydrogens (tertiary/aromatic N) is 1. The Labute approximate surface area is 174 Å². The van der Waals surface area contributed by atoms with Crippen LogP contribution in [0.1, 0.15) is 60.7 Å². The Kier molecular flexibility index (Phi) is 7.68. The number of carbonyl (C=O) groups is 5. The zero-order chi connectivity index (χ0) is 22.3. The Morgan fingerprint density at radius 2 is 1.43 bits per heavy atom. The van der Waals surface area contributed by atoms with Crippen LogP contribution >= 0.6 is 0 Å². The fraction of sp³-hybridized carbons (Fsp3) is 0.476. The Morgan fingerprint density at radius 3 is 1.87 bits per heavy atom. The summed E-state index contributed by atoms with van der Waals surface area (Å²) in [4.78, 5) is 62.8. The predicted octanol–water partition coefficient (Wildman–Crippen LogP) is 1.45. The van der Waals surface area contributed by atoms with Crippen LogP contribution in [0.2, 0.25) is 0 Å². The van der Waals surface area contributed by atoms with Crippen molar-refractivity contribution in [1.29, 1.82) is 0 Å². The maximum Gasteiger partial charge on any atom is 0.343 e. The molecule has 30 heavy (non-hydrogen) atoms. The van der Waals surface area contributed by atoms with Gasteiger partial charge in [-0.3, -0.25) is 19.3 Å². The van der Waals surface area contributed by atoms with E-state index in [-0.39, 0.29) is 44.4 Å². The largest absolute Gasteiger partial charge is 0.464 e. The highest BCUT2D eigenvalue weighted by atomic mass is 16.6. The number of unbranched alkanes of at least 4 members (excludes halogenated alkanes) is 1. The molecule has 1 aromatic rings. The van der Waals surface area contributed by atoms with Gasteiger partial charge in [0.1, 0.15) is 0 Å². The van der Waals surface area contributed by atoms with Gasteiger partial charge < -0.3 is 14.8 Å². The summed E-state index contributed by atoms with van der Waals surface area (Å²) < 4.78 is 10.0. The van der Waals surface area contributed by atoms with Gasteiger partial charge in [0.25, 0.3) is 11.8 Å². The van der Waals surface area contributed by atoms with Crippen LogP contribution in [0.25, 0.3) is 0 Å². The number of imide groups is 1. The van der Waals surface area contributed by atoms with Crippen molar-refractivity contribution in [3.8, 4) is 0 Å². The molecule has 9 heteroatoms. The molecule has 9 nitrogen and oxygen atoms in total. The smallest absolute Gasteiger partial charge is 0.343 e. The third kappa shape index (κ3) is 4.67. The number of hydrogen-bond acceptors (Lipinski definition) is 7. The first-order chi connectivity index (χ1) is 14.3. The quantitative estimate of drug-likeness (QED) is 0.264. The minimum absolute atomic E-state index is 0.0224. The highest BCUT2D eigenvalue weighted by Gasteiger charge is 2.49. The van der Waals surface area contributed by atoms with Gasteiger partial charge in [0.05, 0.1) is 24.3 Å². The third-order valence-corrected chi connectivity index (χ3v) is 4.70. The number of esters is 2. The molecule has 0 saturated heterocycles. The van der Waals surface area contributed by atoms with Crippen molar-refractivity contribution in [3.05, 3.63) is 35.4 Å². The maximum absolute atomic E-state index is 12.6. The number of fused-ring (bicyclic) bond motifs is 1. The number of nitrogens with one attached hydrogen (secondary N) is 1. The number of ether oxygens (including phenoxy) is 2. The van der Waals surface area contributed by atoms with E-state index in [2.05, 4.69) is 5.32 Å². The second kappa shape index (κ2) is 10.00. The molecule has 0 saturated carbocycles. The van der Waals surface area contributed by atoms with E-state index in [1.54, 1.807) is 38.1 Å². The molecule has 0 atom stereocenters. The first kappa shape index (κ1) is 23.1. The van der Waals surface area contributed by atoms with Crippen molar-refractivity contribution in [2.45, 2.75) is 45.6 Å². The van der Waals surface area contributed by atoms with Crippen LogP contribution in [0, 0.1) is 0 Å². The molecule has 0 fully saturated rings. The molecule has 1 heterocycles. The molecule has 0 radical (unpaired) electrons. The van der Waals surface area contributed by atoms with Crippen LogP contribution in [0.4, 0.5) is 0 Å². The summed E-state index contributed by atoms with van der Waals surface area (Å²) in [7, 11) is 0. The minimum Gasteiger partial charge on any atom is -0.464 e. The van der Waals surface area contributed by atoms with Crippen LogP contribution in [-0.2, 0) is 23.9 Å². The first-order valence-corrected chi connectivity index (χ1v) is 9.86. The molecule has 2 rings (SSSR count). The lowest BCUT2D eigenvalue weighted by Crippen LogP contribution is -2.61. The molecule has 1 aliphatic heterocycles. The number of hydrogen-bond donors (Lipinski definition) is 1. The minimum atomic E-state index is -1.97. The molecule has 3 amide bonds. The van der Waals surface area contributed by atoms with E-state index in [1.165, 1.54) is 6.92 Å². The summed E-state index contributed by atoms with van der Waals surface area (Å²) >= 11 is 0. The highest BCUT2D eigenvalue weighted by molar-refractivity contribution is 6.21. The highest BCUT2D eigenvalue weighted by Crippen LogP contribution is 2.24. The Morgan fingerprint density at radius 1 is 0.933 bits per heavy atom. The summed E-state index contributed by atoms with van der Waals surface area (Å²) in [6.45, 7) is 4.52. The lowest BCUT2D eigenvalue weighted by Gasteiger charge is -2.29. The van der Waals surface area contributed by atoms with Crippen molar-refractivity contribution in [2.75, 3.05) is 19.8 Å². The lowest BCUT2D eigenvalue weighted by molar-refractivity contribution is -0.168. The number of rotatable bonds is 10. The summed E-state index contributed by atoms with van der Waals surface area (Å²) in [5.41, 5.74) is -1.26. The van der Waals surface area contributed by atoms with Gasteiger partial charge in [-0.05, 0) is 45.2 Å². The normalized spacial score (nSPS) is 13.1. The van der Waals surface area contributed by atoms with Crippen LogP contribution in [0.5, 0.6) is 0 Å². The molecule has 0 aromatic heterocycles. The second-order valence-corrected chi connectivity index (χ2v) is 6.79. The molecule has 0 spiro atoms. The lowest BCUT2D eigenvalue weighted by atomic mass is 9.92. The van der Waals surface area contributed by atoms with E-state index in [9.17, 15) is 24.0 Å². The third-order valence-electron chi connectivity index (χ3n) is 4.70. The van der Waals surface area contributed by atoms with Crippen molar-refractivity contribution >= 4 is 29.7 Å². The molecule has 1 aliphatic rings. The van der Waals surface area contributed by atoms with E-state index in [1.807, 2.05) is 0 Å². The van der Waals surface area contributed by atoms with Gasteiger partial charge in [-0.1, -0.05) is 12.1 Å². The van der Waals surface area contributed by atoms with Crippen LogP contribution in [0.3, 0.4) is 0 Å². The van der Waals surface area contributed by atoms with Crippen molar-refractivity contribution in [2.24, 2.45) is 0 Å². The Bertz CT molecular complexity index is 797. The van der Waals surface area contributed by atoms with Gasteiger partial charge in [-0.25, -0.2) is 9.59 Å². The SMILES string of the molecule is CCOC(=O)C(CCCCN1C(=O)c2ccccc2C1=O)(NC(C)=O)C(=O)OCC. The first-order valence-electron chi connectivity index (χ1n) is 9.86. The van der Waals surface area contributed by atoms with Crippen LogP contribution < -0.4 is 5.32 Å². The Balaban J connectivity index is 2.09. The summed E-state index contributed by atoms with van der Waals surface area (Å²) in [6, 6.07) is 6.57. The zero-order valence-corrected chi connectivity index (χ0v) is 17.4. The van der Waals surface area contributed by atoms with Crippen molar-refractivity contribution in [3.63, 3.8) is 0 Å². The van der Waals surface area contributed by atoms with Gasteiger partial charge in [-0.2, -0.15) is 0 Å². The average Bonchev–Trinajstić information content (AvgIpc) is 2.95. The fourth-order valence-corrected chi connectivity index (χ4v) is 3.36. The maximum atomic E-state index is 12.6. The standard InChI is InChI=1S/C21H26N2O7/c1-4-29-19(27)21(22-14(3)24,20(28)30-5-2)12-8-9-13-23-17(25)15-10-6-7-11-16(15)18(23)26/h6-7,10-11H,4-5,8-9,12-13H2,1-3H3,(H,22,24). The molecule has 0 bridgehead atoms. The molecular weight excluding hydrogens is 392 g/mol. The van der Waals surface area contributed by atoms with Gasteiger partial charge in [0, 0.05) is 13.5 Å². The van der Waals surface area contributed by atoms with Crippen LogP contribution in [-0.4, -0.2) is 59.9 Å². The molecule has 1 aromatic carbocycles. The van der Waals surface area contributed by atoms with Crippen molar-refractivity contribution in [1.82, 2.24) is 10.2 Å². The monoisotopic (exact) mass is 418 g/mol. The second-order valence-electron chi connectivity index (χ2n) is 6.79. The zero-order valence-electron chi connectivity index (χ0n) is 17.4. The number of amides is 3. The topological polar surface area (TPSA) is 119 Å². The van der Waals surface area contributed by atoms with E-state index >= 15 is 0 Å². The number of carbonyl (C=O) groups excluding carboxylic acids is 5. The summed E-state index contributed by atoms with van der Waals surface area (Å²) in [5, 5.41) is 2.39. The predicted molar refractivity (Wildman–Crippen MR) is 105 cm³/mol. The van der Waals surface area contributed by atoms with E-state index < -0.39 is 23.4 Å². The fourth-order valence-electron chi connectivity index (χ4n) is 3.36. The molecule has 0 aliphatic carbocycles. The molecule has 1 N–H and O–H groups in total.